The molecule has 0 saturated heterocycles. The monoisotopic (exact) mass is 284 g/mol. The van der Waals surface area contributed by atoms with Crippen molar-refractivity contribution in [3.8, 4) is 0 Å². The zero-order chi connectivity index (χ0) is 15.0. The number of anilines is 1. The number of nitrogen functional groups attached to an aromatic ring is 1. The van der Waals surface area contributed by atoms with Crippen LogP contribution >= 0.6 is 0 Å². The summed E-state index contributed by atoms with van der Waals surface area (Å²) in [6, 6.07) is 4.87. The van der Waals surface area contributed by atoms with Crippen molar-refractivity contribution in [2.45, 2.75) is 45.6 Å². The number of sulfonamides is 1. The largest absolute Gasteiger partial charge is 0.398 e. The Labute approximate surface area is 116 Å². The second-order valence-electron chi connectivity index (χ2n) is 6.03. The molecule has 0 saturated carbocycles. The number of nitrogens with two attached hydrogens (primary N) is 1. The first-order valence-corrected chi connectivity index (χ1v) is 7.76. The summed E-state index contributed by atoms with van der Waals surface area (Å²) in [4.78, 5) is 0.283. The van der Waals surface area contributed by atoms with Crippen LogP contribution in [-0.2, 0) is 10.0 Å². The molecule has 19 heavy (non-hydrogen) atoms. The summed E-state index contributed by atoms with van der Waals surface area (Å²) in [7, 11) is -1.90. The Kier molecular flexibility index (Phi) is 4.32. The third-order valence-corrected chi connectivity index (χ3v) is 5.85. The van der Waals surface area contributed by atoms with Crippen molar-refractivity contribution in [3.05, 3.63) is 23.8 Å². The number of hydrogen-bond acceptors (Lipinski definition) is 3. The summed E-state index contributed by atoms with van der Waals surface area (Å²) in [6.07, 6.45) is 0. The van der Waals surface area contributed by atoms with E-state index < -0.39 is 10.0 Å². The lowest BCUT2D eigenvalue weighted by Crippen LogP contribution is -2.43. The number of hydrogen-bond donors (Lipinski definition) is 1. The Morgan fingerprint density at radius 1 is 1.26 bits per heavy atom. The predicted octanol–water partition coefficient (Wildman–Crippen LogP) is 2.63. The highest BCUT2D eigenvalue weighted by Gasteiger charge is 2.33. The summed E-state index contributed by atoms with van der Waals surface area (Å²) < 4.78 is 26.8. The minimum Gasteiger partial charge on any atom is -0.398 e. The molecule has 0 aliphatic rings. The van der Waals surface area contributed by atoms with Gasteiger partial charge in [-0.1, -0.05) is 26.8 Å². The first-order valence-electron chi connectivity index (χ1n) is 6.32. The summed E-state index contributed by atoms with van der Waals surface area (Å²) in [5.74, 6) is 0. The molecule has 1 rings (SSSR count). The Morgan fingerprint density at radius 2 is 1.79 bits per heavy atom. The molecule has 1 aromatic carbocycles. The molecule has 0 aliphatic carbocycles. The summed E-state index contributed by atoms with van der Waals surface area (Å²) >= 11 is 0. The van der Waals surface area contributed by atoms with Gasteiger partial charge >= 0.3 is 0 Å². The standard InChI is InChI=1S/C14H24N2O2S/c1-10-12(15)8-7-9-13(10)19(17,18)16(6)11(2)14(3,4)5/h7-9,11H,15H2,1-6H3. The molecule has 2 N–H and O–H groups in total. The molecule has 0 spiro atoms. The lowest BCUT2D eigenvalue weighted by molar-refractivity contribution is 0.216. The smallest absolute Gasteiger partial charge is 0.243 e. The minimum absolute atomic E-state index is 0.113. The third-order valence-electron chi connectivity index (χ3n) is 3.78. The molecule has 0 fully saturated rings. The van der Waals surface area contributed by atoms with Crippen molar-refractivity contribution in [2.75, 3.05) is 12.8 Å². The number of nitrogens with zero attached hydrogens (tertiary/aromatic N) is 1. The molecule has 108 valence electrons. The van der Waals surface area contributed by atoms with Crippen molar-refractivity contribution in [2.24, 2.45) is 5.41 Å². The molecule has 0 radical (unpaired) electrons. The predicted molar refractivity (Wildman–Crippen MR) is 79.5 cm³/mol. The summed E-state index contributed by atoms with van der Waals surface area (Å²) in [6.45, 7) is 9.72. The van der Waals surface area contributed by atoms with Gasteiger partial charge in [-0.15, -0.1) is 0 Å². The van der Waals surface area contributed by atoms with E-state index in [4.69, 9.17) is 5.73 Å². The topological polar surface area (TPSA) is 63.4 Å². The molecule has 0 bridgehead atoms. The lowest BCUT2D eigenvalue weighted by atomic mass is 9.88. The first-order chi connectivity index (χ1) is 8.49. The van der Waals surface area contributed by atoms with Gasteiger partial charge in [0.25, 0.3) is 0 Å². The summed E-state index contributed by atoms with van der Waals surface area (Å²) in [5.41, 5.74) is 6.77. The maximum atomic E-state index is 12.7. The van der Waals surface area contributed by atoms with E-state index in [1.165, 1.54) is 4.31 Å². The molecule has 0 heterocycles. The fraction of sp³-hybridized carbons (Fsp3) is 0.571. The van der Waals surface area contributed by atoms with Gasteiger partial charge < -0.3 is 5.73 Å². The molecule has 1 aromatic rings. The molecule has 0 aliphatic heterocycles. The van der Waals surface area contributed by atoms with Crippen molar-refractivity contribution >= 4 is 15.7 Å². The zero-order valence-electron chi connectivity index (χ0n) is 12.6. The molecule has 5 heteroatoms. The fourth-order valence-electron chi connectivity index (χ4n) is 1.82. The van der Waals surface area contributed by atoms with Gasteiger partial charge in [-0.25, -0.2) is 8.42 Å². The van der Waals surface area contributed by atoms with Crippen molar-refractivity contribution < 1.29 is 8.42 Å². The van der Waals surface area contributed by atoms with E-state index in [1.807, 2.05) is 27.7 Å². The van der Waals surface area contributed by atoms with Gasteiger partial charge in [0.2, 0.25) is 10.0 Å². The van der Waals surface area contributed by atoms with Crippen molar-refractivity contribution in [1.29, 1.82) is 0 Å². The van der Waals surface area contributed by atoms with E-state index >= 15 is 0 Å². The Balaban J connectivity index is 3.29. The third kappa shape index (κ3) is 3.09. The lowest BCUT2D eigenvalue weighted by Gasteiger charge is -2.34. The molecular formula is C14H24N2O2S. The fourth-order valence-corrected chi connectivity index (χ4v) is 3.62. The molecule has 4 nitrogen and oxygen atoms in total. The van der Waals surface area contributed by atoms with Gasteiger partial charge in [-0.2, -0.15) is 4.31 Å². The van der Waals surface area contributed by atoms with Crippen LogP contribution in [0.5, 0.6) is 0 Å². The van der Waals surface area contributed by atoms with Gasteiger partial charge in [0.05, 0.1) is 4.90 Å². The second-order valence-corrected chi connectivity index (χ2v) is 8.00. The molecule has 0 amide bonds. The SMILES string of the molecule is Cc1c(N)cccc1S(=O)(=O)N(C)C(C)C(C)(C)C. The maximum absolute atomic E-state index is 12.7. The molecule has 1 atom stereocenters. The van der Waals surface area contributed by atoms with E-state index in [0.717, 1.165) is 0 Å². The highest BCUT2D eigenvalue weighted by molar-refractivity contribution is 7.89. The van der Waals surface area contributed by atoms with Crippen LogP contribution in [0.1, 0.15) is 33.3 Å². The summed E-state index contributed by atoms with van der Waals surface area (Å²) in [5, 5.41) is 0. The highest BCUT2D eigenvalue weighted by atomic mass is 32.2. The normalized spacial score (nSPS) is 14.7. The molecular weight excluding hydrogens is 260 g/mol. The van der Waals surface area contributed by atoms with Crippen LogP contribution in [0, 0.1) is 12.3 Å². The van der Waals surface area contributed by atoms with E-state index in [-0.39, 0.29) is 16.4 Å². The van der Waals surface area contributed by atoms with Crippen LogP contribution in [0.4, 0.5) is 5.69 Å². The van der Waals surface area contributed by atoms with Crippen LogP contribution in [0.15, 0.2) is 23.1 Å². The van der Waals surface area contributed by atoms with Crippen LogP contribution in [0.2, 0.25) is 0 Å². The van der Waals surface area contributed by atoms with Crippen LogP contribution in [-0.4, -0.2) is 25.8 Å². The van der Waals surface area contributed by atoms with Gasteiger partial charge in [-0.3, -0.25) is 0 Å². The van der Waals surface area contributed by atoms with E-state index in [0.29, 0.717) is 11.3 Å². The first kappa shape index (κ1) is 16.0. The van der Waals surface area contributed by atoms with E-state index in [9.17, 15) is 8.42 Å². The quantitative estimate of drug-likeness (QED) is 0.868. The average molecular weight is 284 g/mol. The number of benzene rings is 1. The van der Waals surface area contributed by atoms with E-state index in [1.54, 1.807) is 32.2 Å². The molecule has 1 unspecified atom stereocenters. The molecule has 0 aromatic heterocycles. The highest BCUT2D eigenvalue weighted by Crippen LogP contribution is 2.29. The Morgan fingerprint density at radius 3 is 2.26 bits per heavy atom. The van der Waals surface area contributed by atoms with E-state index in [2.05, 4.69) is 0 Å². The van der Waals surface area contributed by atoms with Gasteiger partial charge in [0.1, 0.15) is 0 Å². The zero-order valence-corrected chi connectivity index (χ0v) is 13.4. The van der Waals surface area contributed by atoms with Crippen molar-refractivity contribution in [3.63, 3.8) is 0 Å². The number of rotatable bonds is 3. The van der Waals surface area contributed by atoms with Gasteiger partial charge in [0, 0.05) is 18.8 Å². The van der Waals surface area contributed by atoms with Crippen LogP contribution < -0.4 is 5.73 Å². The maximum Gasteiger partial charge on any atom is 0.243 e. The Bertz CT molecular complexity index is 559. The second kappa shape index (κ2) is 5.13. The Hall–Kier alpha value is -1.07. The minimum atomic E-state index is -3.52. The van der Waals surface area contributed by atoms with Gasteiger partial charge in [-0.05, 0) is 37.0 Å². The van der Waals surface area contributed by atoms with Crippen LogP contribution in [0.25, 0.3) is 0 Å². The average Bonchev–Trinajstić information content (AvgIpc) is 2.29. The van der Waals surface area contributed by atoms with Crippen molar-refractivity contribution in [1.82, 2.24) is 4.31 Å². The van der Waals surface area contributed by atoms with Gasteiger partial charge in [0.15, 0.2) is 0 Å². The van der Waals surface area contributed by atoms with Crippen LogP contribution in [0.3, 0.4) is 0 Å².